The molecule has 0 unspecified atom stereocenters. The number of nitro benzene ring substituents is 1. The topological polar surface area (TPSA) is 62.5 Å². The van der Waals surface area contributed by atoms with Crippen molar-refractivity contribution in [3.05, 3.63) is 57.2 Å². The van der Waals surface area contributed by atoms with Crippen molar-refractivity contribution >= 4 is 33.1 Å². The number of halogens is 1. The summed E-state index contributed by atoms with van der Waals surface area (Å²) in [5, 5.41) is 11.0. The van der Waals surface area contributed by atoms with E-state index in [-0.39, 0.29) is 10.6 Å². The molecule has 1 fully saturated rings. The van der Waals surface area contributed by atoms with Crippen LogP contribution in [0.2, 0.25) is 0 Å². The fourth-order valence-corrected chi connectivity index (χ4v) is 3.27. The normalized spacial score (nSPS) is 15.0. The largest absolute Gasteiger partial charge is 0.367 e. The highest BCUT2D eigenvalue weighted by Crippen LogP contribution is 2.35. The second-order valence-corrected chi connectivity index (χ2v) is 5.82. The van der Waals surface area contributed by atoms with E-state index in [4.69, 9.17) is 0 Å². The summed E-state index contributed by atoms with van der Waals surface area (Å²) in [6.07, 6.45) is 1.79. The van der Waals surface area contributed by atoms with Gasteiger partial charge in [-0.2, -0.15) is 0 Å². The Kier molecular flexibility index (Phi) is 4.24. The maximum atomic E-state index is 11.0. The van der Waals surface area contributed by atoms with Crippen molar-refractivity contribution in [1.29, 1.82) is 0 Å². The molecule has 6 nitrogen and oxygen atoms in total. The van der Waals surface area contributed by atoms with E-state index in [0.717, 1.165) is 37.7 Å². The smallest absolute Gasteiger partial charge is 0.285 e. The molecule has 1 aromatic heterocycles. The van der Waals surface area contributed by atoms with Gasteiger partial charge >= 0.3 is 0 Å². The molecule has 0 aliphatic carbocycles. The molecule has 2 heterocycles. The van der Waals surface area contributed by atoms with E-state index in [1.807, 2.05) is 24.3 Å². The van der Waals surface area contributed by atoms with E-state index in [1.54, 1.807) is 12.3 Å². The van der Waals surface area contributed by atoms with E-state index in [1.165, 1.54) is 6.07 Å². The van der Waals surface area contributed by atoms with E-state index in [9.17, 15) is 10.1 Å². The van der Waals surface area contributed by atoms with Gasteiger partial charge in [-0.25, -0.2) is 4.98 Å². The lowest BCUT2D eigenvalue weighted by Crippen LogP contribution is -2.47. The predicted molar refractivity (Wildman–Crippen MR) is 89.5 cm³/mol. The lowest BCUT2D eigenvalue weighted by atomic mass is 10.2. The summed E-state index contributed by atoms with van der Waals surface area (Å²) in [5.74, 6) is 0.972. The molecule has 1 aromatic carbocycles. The van der Waals surface area contributed by atoms with Gasteiger partial charge in [0.25, 0.3) is 5.69 Å². The zero-order valence-corrected chi connectivity index (χ0v) is 13.4. The molecule has 0 N–H and O–H groups in total. The zero-order chi connectivity index (χ0) is 15.5. The predicted octanol–water partition coefficient (Wildman–Crippen LogP) is 3.08. The SMILES string of the molecule is O=[N+]([O-])c1cccc(N2CCN(c3ccccn3)CC2)c1Br. The van der Waals surface area contributed by atoms with Gasteiger partial charge in [0.15, 0.2) is 0 Å². The van der Waals surface area contributed by atoms with Gasteiger partial charge in [0.2, 0.25) is 0 Å². The molecule has 7 heteroatoms. The van der Waals surface area contributed by atoms with Gasteiger partial charge in [-0.05, 0) is 34.1 Å². The van der Waals surface area contributed by atoms with Crippen molar-refractivity contribution in [3.63, 3.8) is 0 Å². The van der Waals surface area contributed by atoms with Crippen LogP contribution in [-0.2, 0) is 0 Å². The third-order valence-electron chi connectivity index (χ3n) is 3.75. The number of pyridine rings is 1. The number of nitro groups is 1. The Morgan fingerprint density at radius 3 is 2.41 bits per heavy atom. The standard InChI is InChI=1S/C15H15BrN4O2/c16-15-12(4-3-5-13(15)20(21)22)18-8-10-19(11-9-18)14-6-1-2-7-17-14/h1-7H,8-11H2. The maximum Gasteiger partial charge on any atom is 0.285 e. The van der Waals surface area contributed by atoms with Crippen LogP contribution < -0.4 is 9.80 Å². The Bertz CT molecular complexity index is 672. The molecule has 1 aliphatic heterocycles. The van der Waals surface area contributed by atoms with Crippen LogP contribution in [0.4, 0.5) is 17.2 Å². The fraction of sp³-hybridized carbons (Fsp3) is 0.267. The molecule has 0 amide bonds. The molecule has 3 rings (SSSR count). The number of hydrogen-bond donors (Lipinski definition) is 0. The summed E-state index contributed by atoms with van der Waals surface area (Å²) in [7, 11) is 0. The third-order valence-corrected chi connectivity index (χ3v) is 4.56. The van der Waals surface area contributed by atoms with E-state index < -0.39 is 0 Å². The summed E-state index contributed by atoms with van der Waals surface area (Å²) < 4.78 is 0.547. The molecule has 1 aliphatic rings. The Balaban J connectivity index is 1.74. The van der Waals surface area contributed by atoms with Crippen molar-refractivity contribution in [2.24, 2.45) is 0 Å². The number of aromatic nitrogens is 1. The minimum Gasteiger partial charge on any atom is -0.367 e. The Morgan fingerprint density at radius 1 is 1.05 bits per heavy atom. The number of rotatable bonds is 3. The first-order chi connectivity index (χ1) is 10.7. The first-order valence-electron chi connectivity index (χ1n) is 7.00. The molecule has 0 atom stereocenters. The number of hydrogen-bond acceptors (Lipinski definition) is 5. The van der Waals surface area contributed by atoms with Gasteiger partial charge in [0.1, 0.15) is 10.3 Å². The lowest BCUT2D eigenvalue weighted by molar-refractivity contribution is -0.385. The van der Waals surface area contributed by atoms with Gasteiger partial charge in [0.05, 0.1) is 10.6 Å². The third kappa shape index (κ3) is 2.89. The molecular weight excluding hydrogens is 348 g/mol. The molecule has 0 radical (unpaired) electrons. The summed E-state index contributed by atoms with van der Waals surface area (Å²) in [5.41, 5.74) is 0.972. The van der Waals surface area contributed by atoms with E-state index in [0.29, 0.717) is 4.47 Å². The van der Waals surface area contributed by atoms with Crippen molar-refractivity contribution in [2.75, 3.05) is 36.0 Å². The van der Waals surface area contributed by atoms with Crippen LogP contribution >= 0.6 is 15.9 Å². The average Bonchev–Trinajstić information content (AvgIpc) is 2.56. The van der Waals surface area contributed by atoms with Crippen molar-refractivity contribution < 1.29 is 4.92 Å². The summed E-state index contributed by atoms with van der Waals surface area (Å²) in [4.78, 5) is 19.4. The van der Waals surface area contributed by atoms with Gasteiger partial charge in [-0.3, -0.25) is 10.1 Å². The highest BCUT2D eigenvalue weighted by Gasteiger charge is 2.23. The quantitative estimate of drug-likeness (QED) is 0.620. The Morgan fingerprint density at radius 2 is 1.77 bits per heavy atom. The zero-order valence-electron chi connectivity index (χ0n) is 11.9. The van der Waals surface area contributed by atoms with Crippen molar-refractivity contribution in [2.45, 2.75) is 0 Å². The molecule has 0 bridgehead atoms. The summed E-state index contributed by atoms with van der Waals surface area (Å²) >= 11 is 3.37. The number of piperazine rings is 1. The molecule has 0 saturated carbocycles. The van der Waals surface area contributed by atoms with Crippen LogP contribution in [-0.4, -0.2) is 36.1 Å². The van der Waals surface area contributed by atoms with Crippen LogP contribution in [0.25, 0.3) is 0 Å². The van der Waals surface area contributed by atoms with E-state index >= 15 is 0 Å². The number of anilines is 2. The van der Waals surface area contributed by atoms with Crippen LogP contribution in [0.1, 0.15) is 0 Å². The minimum atomic E-state index is -0.363. The van der Waals surface area contributed by atoms with Gasteiger partial charge in [-0.1, -0.05) is 12.1 Å². The maximum absolute atomic E-state index is 11.0. The number of nitrogens with zero attached hydrogens (tertiary/aromatic N) is 4. The van der Waals surface area contributed by atoms with E-state index in [2.05, 4.69) is 30.7 Å². The summed E-state index contributed by atoms with van der Waals surface area (Å²) in [6.45, 7) is 3.28. The summed E-state index contributed by atoms with van der Waals surface area (Å²) in [6, 6.07) is 11.0. The van der Waals surface area contributed by atoms with Crippen LogP contribution in [0, 0.1) is 10.1 Å². The van der Waals surface area contributed by atoms with Crippen LogP contribution in [0.15, 0.2) is 47.1 Å². The second kappa shape index (κ2) is 6.31. The fourth-order valence-electron chi connectivity index (χ4n) is 2.61. The molecule has 0 spiro atoms. The first-order valence-corrected chi connectivity index (χ1v) is 7.80. The van der Waals surface area contributed by atoms with Crippen molar-refractivity contribution in [1.82, 2.24) is 4.98 Å². The van der Waals surface area contributed by atoms with Crippen LogP contribution in [0.3, 0.4) is 0 Å². The molecule has 1 saturated heterocycles. The lowest BCUT2D eigenvalue weighted by Gasteiger charge is -2.37. The second-order valence-electron chi connectivity index (χ2n) is 5.03. The van der Waals surface area contributed by atoms with Gasteiger partial charge in [-0.15, -0.1) is 0 Å². The van der Waals surface area contributed by atoms with Gasteiger partial charge < -0.3 is 9.80 Å². The molecule has 22 heavy (non-hydrogen) atoms. The molecular formula is C15H15BrN4O2. The minimum absolute atomic E-state index is 0.102. The highest BCUT2D eigenvalue weighted by molar-refractivity contribution is 9.10. The molecule has 2 aromatic rings. The first kappa shape index (κ1) is 14.8. The Hall–Kier alpha value is -2.15. The number of benzene rings is 1. The van der Waals surface area contributed by atoms with Gasteiger partial charge in [0, 0.05) is 38.4 Å². The van der Waals surface area contributed by atoms with Crippen LogP contribution in [0.5, 0.6) is 0 Å². The van der Waals surface area contributed by atoms with Crippen molar-refractivity contribution in [3.8, 4) is 0 Å². The monoisotopic (exact) mass is 362 g/mol. The highest BCUT2D eigenvalue weighted by atomic mass is 79.9. The molecule has 114 valence electrons. The Labute approximate surface area is 136 Å². The average molecular weight is 363 g/mol.